The third kappa shape index (κ3) is 3.14. The van der Waals surface area contributed by atoms with Crippen molar-refractivity contribution in [3.8, 4) is 11.5 Å². The monoisotopic (exact) mass is 318 g/mol. The van der Waals surface area contributed by atoms with Crippen molar-refractivity contribution in [2.24, 2.45) is 0 Å². The first-order valence-electron chi connectivity index (χ1n) is 5.17. The van der Waals surface area contributed by atoms with E-state index in [2.05, 4.69) is 20.7 Å². The highest BCUT2D eigenvalue weighted by Crippen LogP contribution is 2.32. The van der Waals surface area contributed by atoms with Crippen LogP contribution in [0.2, 0.25) is 0 Å². The number of carbonyl (C=O) groups is 1. The van der Waals surface area contributed by atoms with Gasteiger partial charge in [-0.15, -0.1) is 0 Å². The molecule has 0 heterocycles. The minimum Gasteiger partial charge on any atom is -0.493 e. The van der Waals surface area contributed by atoms with Crippen LogP contribution in [0, 0.1) is 0 Å². The minimum absolute atomic E-state index is 0.485. The molecule has 0 aliphatic carbocycles. The van der Waals surface area contributed by atoms with Gasteiger partial charge in [-0.2, -0.15) is 0 Å². The first kappa shape index (κ1) is 14.8. The van der Waals surface area contributed by atoms with Gasteiger partial charge in [0.25, 0.3) is 0 Å². The summed E-state index contributed by atoms with van der Waals surface area (Å²) < 4.78 is 14.8. The standard InChI is InChI=1S/C12H15BrO5/c1-16-8-5-4-7(6-9(8)17-2)11(14)10(13)12(15)18-3/h4-6,10-11,14H,1-3H3/t10-,11-/m1/s1. The maximum Gasteiger partial charge on any atom is 0.322 e. The van der Waals surface area contributed by atoms with Gasteiger partial charge in [0.15, 0.2) is 11.5 Å². The SMILES string of the molecule is COC(=O)[C@H](Br)[C@H](O)c1ccc(OC)c(OC)c1. The number of carbonyl (C=O) groups excluding carboxylic acids is 1. The molecule has 0 saturated carbocycles. The van der Waals surface area contributed by atoms with Gasteiger partial charge in [0.05, 0.1) is 21.3 Å². The van der Waals surface area contributed by atoms with E-state index in [9.17, 15) is 9.90 Å². The Balaban J connectivity index is 2.99. The number of esters is 1. The summed E-state index contributed by atoms with van der Waals surface area (Å²) in [4.78, 5) is 10.5. The maximum atomic E-state index is 11.3. The summed E-state index contributed by atoms with van der Waals surface area (Å²) >= 11 is 3.09. The van der Waals surface area contributed by atoms with Gasteiger partial charge in [-0.3, -0.25) is 4.79 Å². The summed E-state index contributed by atoms with van der Waals surface area (Å²) in [6, 6.07) is 4.93. The summed E-state index contributed by atoms with van der Waals surface area (Å²) in [5.41, 5.74) is 0.528. The van der Waals surface area contributed by atoms with E-state index in [-0.39, 0.29) is 0 Å². The number of methoxy groups -OCH3 is 3. The van der Waals surface area contributed by atoms with Crippen LogP contribution in [0.4, 0.5) is 0 Å². The van der Waals surface area contributed by atoms with Gasteiger partial charge in [0, 0.05) is 0 Å². The summed E-state index contributed by atoms with van der Waals surface area (Å²) in [5, 5.41) is 10.0. The average Bonchev–Trinajstić information content (AvgIpc) is 2.43. The Labute approximate surface area is 114 Å². The Morgan fingerprint density at radius 1 is 1.22 bits per heavy atom. The summed E-state index contributed by atoms with van der Waals surface area (Å²) in [6.07, 6.45) is -1.03. The average molecular weight is 319 g/mol. The lowest BCUT2D eigenvalue weighted by Crippen LogP contribution is -2.23. The van der Waals surface area contributed by atoms with Crippen LogP contribution < -0.4 is 9.47 Å². The third-order valence-electron chi connectivity index (χ3n) is 2.45. The van der Waals surface area contributed by atoms with Crippen molar-refractivity contribution in [1.29, 1.82) is 0 Å². The number of aliphatic hydroxyl groups is 1. The number of aliphatic hydroxyl groups excluding tert-OH is 1. The molecule has 0 aliphatic rings. The molecule has 0 fully saturated rings. The van der Waals surface area contributed by atoms with E-state index >= 15 is 0 Å². The molecule has 0 amide bonds. The van der Waals surface area contributed by atoms with E-state index in [1.165, 1.54) is 21.3 Å². The Morgan fingerprint density at radius 3 is 2.33 bits per heavy atom. The predicted molar refractivity (Wildman–Crippen MR) is 69.2 cm³/mol. The smallest absolute Gasteiger partial charge is 0.322 e. The number of halogens is 1. The van der Waals surface area contributed by atoms with Crippen molar-refractivity contribution >= 4 is 21.9 Å². The fraction of sp³-hybridized carbons (Fsp3) is 0.417. The van der Waals surface area contributed by atoms with E-state index < -0.39 is 16.9 Å². The maximum absolute atomic E-state index is 11.3. The molecule has 0 unspecified atom stereocenters. The van der Waals surface area contributed by atoms with Crippen molar-refractivity contribution in [2.75, 3.05) is 21.3 Å². The summed E-state index contributed by atoms with van der Waals surface area (Å²) in [7, 11) is 4.29. The van der Waals surface area contributed by atoms with E-state index in [0.29, 0.717) is 17.1 Å². The molecule has 0 aliphatic heterocycles. The molecule has 0 saturated heterocycles. The van der Waals surface area contributed by atoms with Crippen molar-refractivity contribution < 1.29 is 24.1 Å². The fourth-order valence-corrected chi connectivity index (χ4v) is 1.94. The van der Waals surface area contributed by atoms with Crippen LogP contribution in [0.1, 0.15) is 11.7 Å². The molecular weight excluding hydrogens is 304 g/mol. The van der Waals surface area contributed by atoms with Crippen molar-refractivity contribution in [2.45, 2.75) is 10.9 Å². The quantitative estimate of drug-likeness (QED) is 0.661. The zero-order valence-corrected chi connectivity index (χ0v) is 11.9. The molecule has 0 radical (unpaired) electrons. The Hall–Kier alpha value is -1.27. The fourth-order valence-electron chi connectivity index (χ4n) is 1.45. The van der Waals surface area contributed by atoms with Crippen LogP contribution >= 0.6 is 15.9 Å². The molecule has 1 aromatic rings. The lowest BCUT2D eigenvalue weighted by molar-refractivity contribution is -0.141. The molecule has 1 aromatic carbocycles. The van der Waals surface area contributed by atoms with Gasteiger partial charge in [0.1, 0.15) is 10.9 Å². The van der Waals surface area contributed by atoms with Crippen LogP contribution in [-0.4, -0.2) is 37.2 Å². The number of alkyl halides is 1. The van der Waals surface area contributed by atoms with Gasteiger partial charge in [-0.25, -0.2) is 0 Å². The number of benzene rings is 1. The number of hydrogen-bond acceptors (Lipinski definition) is 5. The highest BCUT2D eigenvalue weighted by Gasteiger charge is 2.26. The van der Waals surface area contributed by atoms with Crippen LogP contribution in [0.25, 0.3) is 0 Å². The molecule has 2 atom stereocenters. The Kier molecular flexibility index (Phi) is 5.43. The van der Waals surface area contributed by atoms with E-state index in [1.54, 1.807) is 18.2 Å². The molecule has 1 N–H and O–H groups in total. The number of hydrogen-bond donors (Lipinski definition) is 1. The highest BCUT2D eigenvalue weighted by atomic mass is 79.9. The third-order valence-corrected chi connectivity index (χ3v) is 3.33. The molecule has 0 aromatic heterocycles. The second kappa shape index (κ2) is 6.61. The minimum atomic E-state index is -1.03. The van der Waals surface area contributed by atoms with Crippen LogP contribution in [0.5, 0.6) is 11.5 Å². The van der Waals surface area contributed by atoms with Crippen molar-refractivity contribution in [3.05, 3.63) is 23.8 Å². The van der Waals surface area contributed by atoms with Crippen LogP contribution in [0.3, 0.4) is 0 Å². The lowest BCUT2D eigenvalue weighted by atomic mass is 10.1. The van der Waals surface area contributed by atoms with Gasteiger partial charge in [-0.05, 0) is 17.7 Å². The van der Waals surface area contributed by atoms with E-state index in [1.807, 2.05) is 0 Å². The molecule has 18 heavy (non-hydrogen) atoms. The zero-order valence-electron chi connectivity index (χ0n) is 10.3. The summed E-state index contributed by atoms with van der Waals surface area (Å²) in [6.45, 7) is 0. The molecule has 0 bridgehead atoms. The molecule has 5 nitrogen and oxygen atoms in total. The first-order chi connectivity index (χ1) is 8.54. The van der Waals surface area contributed by atoms with Crippen molar-refractivity contribution in [3.63, 3.8) is 0 Å². The Morgan fingerprint density at radius 2 is 1.83 bits per heavy atom. The Bertz CT molecular complexity index is 421. The second-order valence-corrected chi connectivity index (χ2v) is 4.47. The molecule has 0 spiro atoms. The largest absolute Gasteiger partial charge is 0.493 e. The predicted octanol–water partition coefficient (Wildman–Crippen LogP) is 1.67. The topological polar surface area (TPSA) is 65.0 Å². The van der Waals surface area contributed by atoms with Crippen LogP contribution in [0.15, 0.2) is 18.2 Å². The molecule has 6 heteroatoms. The molecule has 100 valence electrons. The lowest BCUT2D eigenvalue weighted by Gasteiger charge is -2.17. The van der Waals surface area contributed by atoms with Gasteiger partial charge >= 0.3 is 5.97 Å². The van der Waals surface area contributed by atoms with Gasteiger partial charge < -0.3 is 19.3 Å². The normalized spacial score (nSPS) is 13.6. The number of ether oxygens (including phenoxy) is 3. The summed E-state index contributed by atoms with van der Waals surface area (Å²) in [5.74, 6) is 0.494. The van der Waals surface area contributed by atoms with Crippen LogP contribution in [-0.2, 0) is 9.53 Å². The van der Waals surface area contributed by atoms with Gasteiger partial charge in [-0.1, -0.05) is 22.0 Å². The number of rotatable bonds is 5. The molecule has 1 rings (SSSR count). The second-order valence-electron chi connectivity index (χ2n) is 3.48. The van der Waals surface area contributed by atoms with Gasteiger partial charge in [0.2, 0.25) is 0 Å². The van der Waals surface area contributed by atoms with E-state index in [0.717, 1.165) is 0 Å². The van der Waals surface area contributed by atoms with E-state index in [4.69, 9.17) is 9.47 Å². The van der Waals surface area contributed by atoms with Crippen molar-refractivity contribution in [1.82, 2.24) is 0 Å². The zero-order chi connectivity index (χ0) is 13.7. The first-order valence-corrected chi connectivity index (χ1v) is 6.08. The molecular formula is C12H15BrO5. The highest BCUT2D eigenvalue weighted by molar-refractivity contribution is 9.10.